The molecular weight excluding hydrogens is 483 g/mol. The maximum atomic E-state index is 10.1. The van der Waals surface area contributed by atoms with Crippen molar-refractivity contribution in [2.45, 2.75) is 52.3 Å². The first-order valence-electron chi connectivity index (χ1n) is 9.56. The molecule has 0 aliphatic heterocycles. The van der Waals surface area contributed by atoms with Gasteiger partial charge in [0.05, 0.1) is 11.9 Å². The third-order valence-corrected chi connectivity index (χ3v) is 5.16. The minimum Gasteiger partial charge on any atom is -0.508 e. The predicted molar refractivity (Wildman–Crippen MR) is 123 cm³/mol. The second-order valence-electron chi connectivity index (χ2n) is 7.93. The van der Waals surface area contributed by atoms with Crippen LogP contribution in [0.3, 0.4) is 0 Å². The molecule has 0 radical (unpaired) electrons. The van der Waals surface area contributed by atoms with Crippen LogP contribution in [0.15, 0.2) is 24.5 Å². The number of hydrogen-bond acceptors (Lipinski definition) is 7. The van der Waals surface area contributed by atoms with Crippen LogP contribution in [-0.2, 0) is 6.54 Å². The van der Waals surface area contributed by atoms with Gasteiger partial charge in [0.2, 0.25) is 5.95 Å². The smallest absolute Gasteiger partial charge is 0.226 e. The molecule has 3 rings (SSSR count). The molecule has 156 valence electrons. The van der Waals surface area contributed by atoms with E-state index in [0.29, 0.717) is 36.8 Å². The summed E-state index contributed by atoms with van der Waals surface area (Å²) in [6.07, 6.45) is 2.33. The molecule has 1 aromatic carbocycles. The van der Waals surface area contributed by atoms with Crippen LogP contribution in [0.4, 0.5) is 11.8 Å². The van der Waals surface area contributed by atoms with Crippen molar-refractivity contribution in [1.82, 2.24) is 19.5 Å². The van der Waals surface area contributed by atoms with Gasteiger partial charge in [-0.15, -0.1) is 0 Å². The van der Waals surface area contributed by atoms with Gasteiger partial charge in [0, 0.05) is 28.3 Å². The first kappa shape index (κ1) is 21.6. The number of fused-ring (bicyclic) bond motifs is 1. The van der Waals surface area contributed by atoms with Gasteiger partial charge >= 0.3 is 0 Å². The van der Waals surface area contributed by atoms with Crippen LogP contribution in [-0.4, -0.2) is 41.9 Å². The summed E-state index contributed by atoms with van der Waals surface area (Å²) in [7, 11) is 0. The molecule has 2 heterocycles. The van der Waals surface area contributed by atoms with Gasteiger partial charge < -0.3 is 25.4 Å². The summed E-state index contributed by atoms with van der Waals surface area (Å²) in [5, 5.41) is 26.5. The third-order valence-electron chi connectivity index (χ3n) is 4.49. The summed E-state index contributed by atoms with van der Waals surface area (Å²) in [5.41, 5.74) is 1.43. The number of halogens is 1. The maximum absolute atomic E-state index is 10.1. The highest BCUT2D eigenvalue weighted by atomic mass is 127. The molecule has 0 aliphatic rings. The van der Waals surface area contributed by atoms with Crippen LogP contribution < -0.4 is 10.6 Å². The normalized spacial score (nSPS) is 12.0. The molecule has 3 aromatic rings. The lowest BCUT2D eigenvalue weighted by atomic mass is 10.1. The Morgan fingerprint density at radius 1 is 1.21 bits per heavy atom. The number of aromatic nitrogens is 4. The Kier molecular flexibility index (Phi) is 6.47. The molecule has 0 spiro atoms. The first-order chi connectivity index (χ1) is 13.6. The van der Waals surface area contributed by atoms with Gasteiger partial charge in [-0.3, -0.25) is 0 Å². The van der Waals surface area contributed by atoms with Crippen molar-refractivity contribution in [3.63, 3.8) is 0 Å². The molecule has 9 heteroatoms. The number of phenols is 1. The molecule has 2 aromatic heterocycles. The fraction of sp³-hybridized carbons (Fsp3) is 0.450. The summed E-state index contributed by atoms with van der Waals surface area (Å²) in [6.45, 7) is 8.64. The Hall–Kier alpha value is -2.14. The number of aliphatic hydroxyl groups is 1. The molecule has 0 fully saturated rings. The lowest BCUT2D eigenvalue weighted by Crippen LogP contribution is -2.23. The average molecular weight is 510 g/mol. The van der Waals surface area contributed by atoms with E-state index in [1.165, 1.54) is 0 Å². The first-order valence-corrected chi connectivity index (χ1v) is 10.6. The van der Waals surface area contributed by atoms with Crippen LogP contribution >= 0.6 is 22.6 Å². The summed E-state index contributed by atoms with van der Waals surface area (Å²) in [6, 6.07) is 5.67. The number of rotatable bonds is 8. The molecule has 0 saturated heterocycles. The number of nitrogens with one attached hydrogen (secondary N) is 2. The van der Waals surface area contributed by atoms with E-state index in [4.69, 9.17) is 0 Å². The van der Waals surface area contributed by atoms with Gasteiger partial charge in [0.1, 0.15) is 5.75 Å². The van der Waals surface area contributed by atoms with Crippen LogP contribution in [0.2, 0.25) is 0 Å². The van der Waals surface area contributed by atoms with Gasteiger partial charge in [-0.1, -0.05) is 0 Å². The second-order valence-corrected chi connectivity index (χ2v) is 9.18. The van der Waals surface area contributed by atoms with E-state index < -0.39 is 5.60 Å². The highest BCUT2D eigenvalue weighted by molar-refractivity contribution is 14.1. The molecule has 4 N–H and O–H groups in total. The molecule has 0 aliphatic carbocycles. The summed E-state index contributed by atoms with van der Waals surface area (Å²) in [5.74, 6) is 1.30. The number of hydrogen-bond donors (Lipinski definition) is 4. The van der Waals surface area contributed by atoms with Crippen molar-refractivity contribution in [3.05, 3.63) is 33.7 Å². The van der Waals surface area contributed by atoms with Gasteiger partial charge in [-0.2, -0.15) is 9.97 Å². The summed E-state index contributed by atoms with van der Waals surface area (Å²) < 4.78 is 3.04. The number of imidazole rings is 1. The Balaban J connectivity index is 1.90. The van der Waals surface area contributed by atoms with Crippen molar-refractivity contribution in [2.75, 3.05) is 17.2 Å². The fourth-order valence-electron chi connectivity index (χ4n) is 2.85. The van der Waals surface area contributed by atoms with Crippen LogP contribution in [0.25, 0.3) is 11.2 Å². The predicted octanol–water partition coefficient (Wildman–Crippen LogP) is 3.90. The topological polar surface area (TPSA) is 108 Å². The molecule has 0 amide bonds. The van der Waals surface area contributed by atoms with Crippen molar-refractivity contribution in [3.8, 4) is 5.75 Å². The van der Waals surface area contributed by atoms with Gasteiger partial charge in [-0.05, 0) is 74.9 Å². The highest BCUT2D eigenvalue weighted by Gasteiger charge is 2.16. The maximum Gasteiger partial charge on any atom is 0.226 e. The minimum absolute atomic E-state index is 0.201. The lowest BCUT2D eigenvalue weighted by Gasteiger charge is -2.17. The number of nitrogens with zero attached hydrogens (tertiary/aromatic N) is 4. The van der Waals surface area contributed by atoms with E-state index in [0.717, 1.165) is 14.8 Å². The van der Waals surface area contributed by atoms with Crippen LogP contribution in [0.5, 0.6) is 5.75 Å². The number of anilines is 2. The SMILES string of the molecule is CC(C)n1cnc2c(NCc3cc(I)ccc3O)nc(NCCC(C)(C)O)nc21. The van der Waals surface area contributed by atoms with E-state index in [2.05, 4.69) is 62.0 Å². The van der Waals surface area contributed by atoms with Gasteiger partial charge in [-0.25, -0.2) is 4.98 Å². The van der Waals surface area contributed by atoms with Crippen molar-refractivity contribution in [2.24, 2.45) is 0 Å². The molecule has 0 atom stereocenters. The average Bonchev–Trinajstić information content (AvgIpc) is 3.05. The number of phenolic OH excluding ortho intramolecular Hbond substituents is 1. The Morgan fingerprint density at radius 3 is 2.66 bits per heavy atom. The molecule has 0 unspecified atom stereocenters. The second kappa shape index (κ2) is 8.70. The number of benzene rings is 1. The Bertz CT molecular complexity index is 997. The molecule has 0 saturated carbocycles. The standard InChI is InChI=1S/C20H27IN6O2/c1-12(2)27-11-24-16-17(23-10-13-9-14(21)5-6-15(13)28)25-19(26-18(16)27)22-8-7-20(3,4)29/h5-6,9,11-12,28-29H,7-8,10H2,1-4H3,(H2,22,23,25,26). The summed E-state index contributed by atoms with van der Waals surface area (Å²) in [4.78, 5) is 13.7. The van der Waals surface area contributed by atoms with Gasteiger partial charge in [0.15, 0.2) is 17.0 Å². The van der Waals surface area contributed by atoms with E-state index in [-0.39, 0.29) is 11.8 Å². The third kappa shape index (κ3) is 5.47. The van der Waals surface area contributed by atoms with E-state index >= 15 is 0 Å². The van der Waals surface area contributed by atoms with Gasteiger partial charge in [0.25, 0.3) is 0 Å². The fourth-order valence-corrected chi connectivity index (χ4v) is 3.41. The van der Waals surface area contributed by atoms with E-state index in [1.54, 1.807) is 26.2 Å². The largest absolute Gasteiger partial charge is 0.508 e. The van der Waals surface area contributed by atoms with Crippen molar-refractivity contribution >= 4 is 45.5 Å². The van der Waals surface area contributed by atoms with Crippen molar-refractivity contribution < 1.29 is 10.2 Å². The lowest BCUT2D eigenvalue weighted by molar-refractivity contribution is 0.0748. The van der Waals surface area contributed by atoms with Crippen LogP contribution in [0.1, 0.15) is 45.7 Å². The zero-order valence-electron chi connectivity index (χ0n) is 17.1. The Morgan fingerprint density at radius 2 is 1.97 bits per heavy atom. The molecule has 8 nitrogen and oxygen atoms in total. The Labute approximate surface area is 183 Å². The van der Waals surface area contributed by atoms with E-state index in [1.807, 2.05) is 16.7 Å². The minimum atomic E-state index is -0.764. The molecule has 29 heavy (non-hydrogen) atoms. The molecular formula is C20H27IN6O2. The summed E-state index contributed by atoms with van der Waals surface area (Å²) >= 11 is 2.22. The molecule has 0 bridgehead atoms. The van der Waals surface area contributed by atoms with Crippen molar-refractivity contribution in [1.29, 1.82) is 0 Å². The van der Waals surface area contributed by atoms with Crippen LogP contribution in [0, 0.1) is 3.57 Å². The number of aromatic hydroxyl groups is 1. The van der Waals surface area contributed by atoms with E-state index in [9.17, 15) is 10.2 Å². The zero-order chi connectivity index (χ0) is 21.2. The zero-order valence-corrected chi connectivity index (χ0v) is 19.2. The quantitative estimate of drug-likeness (QED) is 0.341. The monoisotopic (exact) mass is 510 g/mol. The highest BCUT2D eigenvalue weighted by Crippen LogP contribution is 2.26.